The second-order valence-electron chi connectivity index (χ2n) is 6.57. The van der Waals surface area contributed by atoms with Gasteiger partial charge in [-0.05, 0) is 43.6 Å². The van der Waals surface area contributed by atoms with Gasteiger partial charge in [-0.3, -0.25) is 0 Å². The van der Waals surface area contributed by atoms with E-state index in [9.17, 15) is 0 Å². The number of benzene rings is 1. The third-order valence-corrected chi connectivity index (χ3v) is 4.73. The molecule has 3 aromatic rings. The van der Waals surface area contributed by atoms with Gasteiger partial charge >= 0.3 is 0 Å². The number of rotatable bonds is 4. The maximum atomic E-state index is 4.88. The quantitative estimate of drug-likeness (QED) is 0.743. The predicted octanol–water partition coefficient (Wildman–Crippen LogP) is 2.97. The van der Waals surface area contributed by atoms with Gasteiger partial charge in [0, 0.05) is 19.2 Å². The number of nitrogens with zero attached hydrogens (tertiary/aromatic N) is 4. The summed E-state index contributed by atoms with van der Waals surface area (Å²) in [5.74, 6) is 1.87. The molecule has 1 fully saturated rings. The van der Waals surface area contributed by atoms with Crippen molar-refractivity contribution in [1.29, 1.82) is 0 Å². The molecule has 23 heavy (non-hydrogen) atoms. The molecular formula is C19H22N4. The Morgan fingerprint density at radius 1 is 1.13 bits per heavy atom. The summed E-state index contributed by atoms with van der Waals surface area (Å²) < 4.78 is 2.29. The van der Waals surface area contributed by atoms with E-state index in [0.29, 0.717) is 5.92 Å². The van der Waals surface area contributed by atoms with Crippen molar-refractivity contribution in [1.82, 2.24) is 19.4 Å². The number of pyridine rings is 1. The van der Waals surface area contributed by atoms with Gasteiger partial charge in [0.05, 0.1) is 6.54 Å². The lowest BCUT2D eigenvalue weighted by Crippen LogP contribution is -2.16. The number of imidazole rings is 1. The first kappa shape index (κ1) is 14.4. The Bertz CT molecular complexity index is 793. The monoisotopic (exact) mass is 306 g/mol. The lowest BCUT2D eigenvalue weighted by Gasteiger charge is -2.13. The van der Waals surface area contributed by atoms with Crippen LogP contribution in [0.25, 0.3) is 11.2 Å². The summed E-state index contributed by atoms with van der Waals surface area (Å²) in [6, 6.07) is 14.6. The number of likely N-dealkylation sites (tertiary alicyclic amines) is 1. The van der Waals surface area contributed by atoms with Crippen LogP contribution in [0.4, 0.5) is 0 Å². The second kappa shape index (κ2) is 6.13. The molecule has 0 bridgehead atoms. The Morgan fingerprint density at radius 2 is 2.00 bits per heavy atom. The molecule has 0 radical (unpaired) electrons. The van der Waals surface area contributed by atoms with E-state index in [-0.39, 0.29) is 0 Å². The van der Waals surface area contributed by atoms with Crippen LogP contribution in [0.5, 0.6) is 0 Å². The van der Waals surface area contributed by atoms with Gasteiger partial charge in [0.25, 0.3) is 0 Å². The number of aromatic nitrogens is 3. The zero-order valence-electron chi connectivity index (χ0n) is 13.5. The fourth-order valence-electron chi connectivity index (χ4n) is 3.54. The molecular weight excluding hydrogens is 284 g/mol. The summed E-state index contributed by atoms with van der Waals surface area (Å²) in [7, 11) is 2.20. The van der Waals surface area contributed by atoms with Crippen LogP contribution >= 0.6 is 0 Å². The predicted molar refractivity (Wildman–Crippen MR) is 92.4 cm³/mol. The summed E-state index contributed by atoms with van der Waals surface area (Å²) in [5.41, 5.74) is 3.30. The molecule has 1 saturated heterocycles. The molecule has 4 heteroatoms. The minimum absolute atomic E-state index is 0.700. The van der Waals surface area contributed by atoms with Gasteiger partial charge in [-0.25, -0.2) is 9.97 Å². The fraction of sp³-hybridized carbons (Fsp3) is 0.368. The lowest BCUT2D eigenvalue weighted by atomic mass is 10.0. The van der Waals surface area contributed by atoms with E-state index in [1.54, 1.807) is 0 Å². The third kappa shape index (κ3) is 2.99. The molecule has 1 unspecified atom stereocenters. The number of fused-ring (bicyclic) bond motifs is 1. The Hall–Kier alpha value is -2.20. The van der Waals surface area contributed by atoms with Crippen LogP contribution < -0.4 is 0 Å². The summed E-state index contributed by atoms with van der Waals surface area (Å²) >= 11 is 0. The van der Waals surface area contributed by atoms with E-state index in [1.807, 2.05) is 12.3 Å². The highest BCUT2D eigenvalue weighted by Gasteiger charge is 2.23. The summed E-state index contributed by atoms with van der Waals surface area (Å²) in [6.07, 6.45) is 4.16. The highest BCUT2D eigenvalue weighted by atomic mass is 15.1. The summed E-state index contributed by atoms with van der Waals surface area (Å²) in [6.45, 7) is 3.20. The molecule has 1 aliphatic rings. The first-order chi connectivity index (χ1) is 11.3. The second-order valence-corrected chi connectivity index (χ2v) is 6.57. The van der Waals surface area contributed by atoms with Gasteiger partial charge in [0.2, 0.25) is 0 Å². The largest absolute Gasteiger partial charge is 0.308 e. The van der Waals surface area contributed by atoms with Gasteiger partial charge < -0.3 is 9.47 Å². The number of hydrogen-bond donors (Lipinski definition) is 0. The van der Waals surface area contributed by atoms with Crippen molar-refractivity contribution in [2.24, 2.45) is 5.92 Å². The standard InChI is InChI=1S/C19H22N4/c1-22-11-9-16(13-22)12-18-21-17-8-5-10-20-19(17)23(18)14-15-6-3-2-4-7-15/h2-8,10,16H,9,11-14H2,1H3. The van der Waals surface area contributed by atoms with Crippen LogP contribution in [-0.2, 0) is 13.0 Å². The van der Waals surface area contributed by atoms with Crippen LogP contribution in [0, 0.1) is 5.92 Å². The van der Waals surface area contributed by atoms with E-state index < -0.39 is 0 Å². The van der Waals surface area contributed by atoms with Gasteiger partial charge in [0.15, 0.2) is 5.65 Å². The normalized spacial score (nSPS) is 18.7. The summed E-state index contributed by atoms with van der Waals surface area (Å²) in [4.78, 5) is 11.9. The molecule has 1 aliphatic heterocycles. The molecule has 2 aromatic heterocycles. The Balaban J connectivity index is 1.69. The summed E-state index contributed by atoms with van der Waals surface area (Å²) in [5, 5.41) is 0. The molecule has 3 heterocycles. The molecule has 0 N–H and O–H groups in total. The SMILES string of the molecule is CN1CCC(Cc2nc3cccnc3n2Cc2ccccc2)C1. The molecule has 1 aromatic carbocycles. The van der Waals surface area contributed by atoms with Crippen molar-refractivity contribution in [3.63, 3.8) is 0 Å². The third-order valence-electron chi connectivity index (χ3n) is 4.73. The molecule has 0 spiro atoms. The fourth-order valence-corrected chi connectivity index (χ4v) is 3.54. The highest BCUT2D eigenvalue weighted by Crippen LogP contribution is 2.23. The van der Waals surface area contributed by atoms with Gasteiger partial charge in [-0.15, -0.1) is 0 Å². The highest BCUT2D eigenvalue weighted by molar-refractivity contribution is 5.71. The first-order valence-electron chi connectivity index (χ1n) is 8.32. The van der Waals surface area contributed by atoms with Crippen molar-refractivity contribution >= 4 is 11.2 Å². The van der Waals surface area contributed by atoms with Crippen LogP contribution in [0.2, 0.25) is 0 Å². The Morgan fingerprint density at radius 3 is 2.78 bits per heavy atom. The minimum atomic E-state index is 0.700. The average molecular weight is 306 g/mol. The van der Waals surface area contributed by atoms with E-state index in [2.05, 4.69) is 57.9 Å². The van der Waals surface area contributed by atoms with Crippen LogP contribution in [0.15, 0.2) is 48.7 Å². The van der Waals surface area contributed by atoms with Crippen molar-refractivity contribution in [3.05, 3.63) is 60.0 Å². The molecule has 0 aliphatic carbocycles. The van der Waals surface area contributed by atoms with Gasteiger partial charge in [-0.2, -0.15) is 0 Å². The minimum Gasteiger partial charge on any atom is -0.308 e. The Labute approximate surface area is 136 Å². The van der Waals surface area contributed by atoms with Crippen molar-refractivity contribution in [2.75, 3.05) is 20.1 Å². The van der Waals surface area contributed by atoms with Crippen molar-refractivity contribution in [3.8, 4) is 0 Å². The van der Waals surface area contributed by atoms with Gasteiger partial charge in [0.1, 0.15) is 11.3 Å². The zero-order chi connectivity index (χ0) is 15.6. The molecule has 4 nitrogen and oxygen atoms in total. The van der Waals surface area contributed by atoms with Crippen LogP contribution in [0.3, 0.4) is 0 Å². The molecule has 4 rings (SSSR count). The zero-order valence-corrected chi connectivity index (χ0v) is 13.5. The Kier molecular flexibility index (Phi) is 3.83. The van der Waals surface area contributed by atoms with E-state index in [4.69, 9.17) is 4.98 Å². The smallest absolute Gasteiger partial charge is 0.160 e. The van der Waals surface area contributed by atoms with E-state index >= 15 is 0 Å². The average Bonchev–Trinajstić information content (AvgIpc) is 3.13. The molecule has 0 amide bonds. The van der Waals surface area contributed by atoms with Crippen molar-refractivity contribution in [2.45, 2.75) is 19.4 Å². The molecule has 1 atom stereocenters. The number of hydrogen-bond acceptors (Lipinski definition) is 3. The van der Waals surface area contributed by atoms with E-state index in [0.717, 1.165) is 24.1 Å². The lowest BCUT2D eigenvalue weighted by molar-refractivity contribution is 0.391. The maximum Gasteiger partial charge on any atom is 0.160 e. The first-order valence-corrected chi connectivity index (χ1v) is 8.32. The van der Waals surface area contributed by atoms with Crippen LogP contribution in [0.1, 0.15) is 17.8 Å². The topological polar surface area (TPSA) is 34.0 Å². The molecule has 0 saturated carbocycles. The van der Waals surface area contributed by atoms with Gasteiger partial charge in [-0.1, -0.05) is 30.3 Å². The van der Waals surface area contributed by atoms with E-state index in [1.165, 1.54) is 30.9 Å². The van der Waals surface area contributed by atoms with Crippen LogP contribution in [-0.4, -0.2) is 39.6 Å². The maximum absolute atomic E-state index is 4.88. The molecule has 118 valence electrons. The van der Waals surface area contributed by atoms with Crippen molar-refractivity contribution < 1.29 is 0 Å².